The molecule has 0 unspecified atom stereocenters. The van der Waals surface area contributed by atoms with Crippen molar-refractivity contribution in [1.82, 2.24) is 13.9 Å². The van der Waals surface area contributed by atoms with E-state index in [2.05, 4.69) is 5.32 Å². The third-order valence-electron chi connectivity index (χ3n) is 3.30. The molecule has 0 radical (unpaired) electrons. The Hall–Kier alpha value is -0.660. The molecule has 1 heterocycles. The van der Waals surface area contributed by atoms with Crippen molar-refractivity contribution in [2.45, 2.75) is 46.1 Å². The van der Waals surface area contributed by atoms with E-state index in [4.69, 9.17) is 0 Å². The summed E-state index contributed by atoms with van der Waals surface area (Å²) >= 11 is 0. The number of rotatable bonds is 4. The Balaban J connectivity index is 2.46. The maximum absolute atomic E-state index is 12.0. The second-order valence-corrected chi connectivity index (χ2v) is 8.91. The number of hydrogen-bond acceptors (Lipinski definition) is 3. The van der Waals surface area contributed by atoms with Gasteiger partial charge in [0.15, 0.2) is 0 Å². The fourth-order valence-electron chi connectivity index (χ4n) is 2.22. The lowest BCUT2D eigenvalue weighted by Gasteiger charge is -2.33. The zero-order valence-corrected chi connectivity index (χ0v) is 14.0. The monoisotopic (exact) mass is 305 g/mol. The smallest absolute Gasteiger partial charge is 0.281 e. The highest BCUT2D eigenvalue weighted by Crippen LogP contribution is 2.19. The van der Waals surface area contributed by atoms with Crippen LogP contribution in [0.2, 0.25) is 0 Å². The zero-order chi connectivity index (χ0) is 15.6. The van der Waals surface area contributed by atoms with Gasteiger partial charge in [-0.3, -0.25) is 4.79 Å². The number of piperidine rings is 1. The number of nitrogens with zero attached hydrogens (tertiary/aromatic N) is 2. The molecule has 0 aromatic carbocycles. The largest absolute Gasteiger partial charge is 0.353 e. The van der Waals surface area contributed by atoms with Gasteiger partial charge in [-0.15, -0.1) is 0 Å². The standard InChI is InChI=1S/C13H27N3O3S/c1-13(2,3)10-12(17)14-11-6-8-16(9-7-11)20(18,19)15(4)5/h11H,6-10H2,1-5H3,(H,14,17). The van der Waals surface area contributed by atoms with Gasteiger partial charge in [-0.25, -0.2) is 0 Å². The minimum atomic E-state index is -3.33. The first-order valence-corrected chi connectivity index (χ1v) is 8.39. The minimum absolute atomic E-state index is 0.0287. The fraction of sp³-hybridized carbons (Fsp3) is 0.923. The molecule has 1 N–H and O–H groups in total. The molecule has 1 saturated heterocycles. The Labute approximate surface area is 122 Å². The summed E-state index contributed by atoms with van der Waals surface area (Å²) in [5.41, 5.74) is -0.0287. The van der Waals surface area contributed by atoms with Gasteiger partial charge in [0.05, 0.1) is 0 Å². The van der Waals surface area contributed by atoms with Gasteiger partial charge in [0.2, 0.25) is 5.91 Å². The number of hydrogen-bond donors (Lipinski definition) is 1. The van der Waals surface area contributed by atoms with Crippen LogP contribution in [0.1, 0.15) is 40.0 Å². The topological polar surface area (TPSA) is 69.7 Å². The molecule has 1 fully saturated rings. The second-order valence-electron chi connectivity index (χ2n) is 6.77. The number of carbonyl (C=O) groups is 1. The van der Waals surface area contributed by atoms with Crippen molar-refractivity contribution in [3.63, 3.8) is 0 Å². The molecule has 20 heavy (non-hydrogen) atoms. The van der Waals surface area contributed by atoms with E-state index in [0.29, 0.717) is 32.4 Å². The molecule has 1 amide bonds. The Morgan fingerprint density at radius 2 is 1.75 bits per heavy atom. The summed E-state index contributed by atoms with van der Waals surface area (Å²) in [6.07, 6.45) is 1.83. The van der Waals surface area contributed by atoms with Crippen molar-refractivity contribution < 1.29 is 13.2 Å². The predicted octanol–water partition coefficient (Wildman–Crippen LogP) is 0.810. The summed E-state index contributed by atoms with van der Waals surface area (Å²) in [4.78, 5) is 11.9. The van der Waals surface area contributed by atoms with Gasteiger partial charge in [0.25, 0.3) is 10.2 Å². The van der Waals surface area contributed by atoms with Crippen LogP contribution in [0.25, 0.3) is 0 Å². The van der Waals surface area contributed by atoms with Gasteiger partial charge in [0, 0.05) is 39.6 Å². The highest BCUT2D eigenvalue weighted by atomic mass is 32.2. The van der Waals surface area contributed by atoms with Crippen molar-refractivity contribution in [3.8, 4) is 0 Å². The zero-order valence-electron chi connectivity index (χ0n) is 13.1. The Morgan fingerprint density at radius 3 is 2.15 bits per heavy atom. The van der Waals surface area contributed by atoms with Crippen LogP contribution in [0.4, 0.5) is 0 Å². The van der Waals surface area contributed by atoms with E-state index in [1.807, 2.05) is 20.8 Å². The quantitative estimate of drug-likeness (QED) is 0.835. The lowest BCUT2D eigenvalue weighted by Crippen LogP contribution is -2.49. The molecule has 0 aromatic heterocycles. The summed E-state index contributed by atoms with van der Waals surface area (Å²) in [6, 6.07) is 0.0819. The van der Waals surface area contributed by atoms with Crippen LogP contribution in [0.5, 0.6) is 0 Å². The normalized spacial score (nSPS) is 19.3. The van der Waals surface area contributed by atoms with E-state index in [1.54, 1.807) is 0 Å². The Kier molecular flexibility index (Phi) is 5.57. The van der Waals surface area contributed by atoms with Crippen LogP contribution in [-0.2, 0) is 15.0 Å². The molecule has 0 spiro atoms. The number of carbonyl (C=O) groups excluding carboxylic acids is 1. The summed E-state index contributed by atoms with van der Waals surface area (Å²) in [5.74, 6) is 0.0476. The van der Waals surface area contributed by atoms with Crippen molar-refractivity contribution in [3.05, 3.63) is 0 Å². The van der Waals surface area contributed by atoms with Gasteiger partial charge >= 0.3 is 0 Å². The molecule has 1 rings (SSSR count). The maximum Gasteiger partial charge on any atom is 0.281 e. The highest BCUT2D eigenvalue weighted by Gasteiger charge is 2.30. The molecular formula is C13H27N3O3S. The van der Waals surface area contributed by atoms with Crippen LogP contribution < -0.4 is 5.32 Å². The van der Waals surface area contributed by atoms with E-state index in [9.17, 15) is 13.2 Å². The third kappa shape index (κ3) is 5.03. The first-order chi connectivity index (χ1) is 9.02. The average Bonchev–Trinajstić information content (AvgIpc) is 2.26. The van der Waals surface area contributed by atoms with E-state index < -0.39 is 10.2 Å². The Bertz CT molecular complexity index is 432. The average molecular weight is 305 g/mol. The van der Waals surface area contributed by atoms with E-state index in [-0.39, 0.29) is 17.4 Å². The minimum Gasteiger partial charge on any atom is -0.353 e. The van der Waals surface area contributed by atoms with Crippen LogP contribution in [0.3, 0.4) is 0 Å². The van der Waals surface area contributed by atoms with Crippen molar-refractivity contribution in [2.75, 3.05) is 27.2 Å². The van der Waals surface area contributed by atoms with Crippen LogP contribution in [0, 0.1) is 5.41 Å². The Morgan fingerprint density at radius 1 is 1.25 bits per heavy atom. The number of amides is 1. The van der Waals surface area contributed by atoms with Crippen molar-refractivity contribution >= 4 is 16.1 Å². The van der Waals surface area contributed by atoms with Gasteiger partial charge in [0.1, 0.15) is 0 Å². The van der Waals surface area contributed by atoms with E-state index in [1.165, 1.54) is 22.7 Å². The number of nitrogens with one attached hydrogen (secondary N) is 1. The first-order valence-electron chi connectivity index (χ1n) is 6.99. The molecule has 0 saturated carbocycles. The van der Waals surface area contributed by atoms with Crippen molar-refractivity contribution in [2.24, 2.45) is 5.41 Å². The van der Waals surface area contributed by atoms with Gasteiger partial charge in [-0.05, 0) is 18.3 Å². The molecule has 1 aliphatic heterocycles. The molecule has 1 aliphatic rings. The maximum atomic E-state index is 12.0. The summed E-state index contributed by atoms with van der Waals surface area (Å²) < 4.78 is 26.6. The highest BCUT2D eigenvalue weighted by molar-refractivity contribution is 7.86. The van der Waals surface area contributed by atoms with E-state index >= 15 is 0 Å². The summed E-state index contributed by atoms with van der Waals surface area (Å²) in [6.45, 7) is 7.00. The third-order valence-corrected chi connectivity index (χ3v) is 5.24. The molecule has 0 aliphatic carbocycles. The SMILES string of the molecule is CN(C)S(=O)(=O)N1CCC(NC(=O)CC(C)(C)C)CC1. The van der Waals surface area contributed by atoms with Crippen LogP contribution >= 0.6 is 0 Å². The van der Waals surface area contributed by atoms with Gasteiger partial charge < -0.3 is 5.32 Å². The van der Waals surface area contributed by atoms with Crippen molar-refractivity contribution in [1.29, 1.82) is 0 Å². The van der Waals surface area contributed by atoms with E-state index in [0.717, 1.165) is 0 Å². The fourth-order valence-corrected chi connectivity index (χ4v) is 3.36. The molecule has 7 heteroatoms. The molecular weight excluding hydrogens is 278 g/mol. The lowest BCUT2D eigenvalue weighted by molar-refractivity contribution is -0.123. The van der Waals surface area contributed by atoms with Gasteiger partial charge in [-0.1, -0.05) is 20.8 Å². The summed E-state index contributed by atoms with van der Waals surface area (Å²) in [7, 11) is -0.258. The lowest BCUT2D eigenvalue weighted by atomic mass is 9.91. The second kappa shape index (κ2) is 6.41. The molecule has 118 valence electrons. The molecule has 0 bridgehead atoms. The molecule has 0 atom stereocenters. The molecule has 0 aromatic rings. The summed E-state index contributed by atoms with van der Waals surface area (Å²) in [5, 5.41) is 3.00. The van der Waals surface area contributed by atoms with Crippen LogP contribution in [-0.4, -0.2) is 56.2 Å². The molecule has 6 nitrogen and oxygen atoms in total. The first kappa shape index (κ1) is 17.4. The van der Waals surface area contributed by atoms with Gasteiger partial charge in [-0.2, -0.15) is 17.0 Å². The van der Waals surface area contributed by atoms with Crippen LogP contribution in [0.15, 0.2) is 0 Å². The predicted molar refractivity (Wildman–Crippen MR) is 79.4 cm³/mol.